The molecule has 20 heavy (non-hydrogen) atoms. The van der Waals surface area contributed by atoms with Crippen LogP contribution in [0.5, 0.6) is 0 Å². The van der Waals surface area contributed by atoms with Gasteiger partial charge in [0.2, 0.25) is 0 Å². The molecule has 0 radical (unpaired) electrons. The number of carbonyl (C=O) groups is 1. The predicted molar refractivity (Wildman–Crippen MR) is 75.8 cm³/mol. The van der Waals surface area contributed by atoms with Crippen molar-refractivity contribution in [1.82, 2.24) is 14.7 Å². The van der Waals surface area contributed by atoms with Crippen LogP contribution < -0.4 is 0 Å². The third-order valence-corrected chi connectivity index (χ3v) is 3.27. The highest BCUT2D eigenvalue weighted by Crippen LogP contribution is 2.14. The molecule has 5 heteroatoms. The van der Waals surface area contributed by atoms with E-state index in [-0.39, 0.29) is 11.9 Å². The highest BCUT2D eigenvalue weighted by molar-refractivity contribution is 5.84. The number of hydrogen-bond donors (Lipinski definition) is 0. The SMILES string of the molecule is CN1C=CCC1C(=O)n1ccc(/C=C/c2ccco2)n1. The summed E-state index contributed by atoms with van der Waals surface area (Å²) in [5.41, 5.74) is 0.725. The number of furan rings is 1. The first kappa shape index (κ1) is 12.5. The van der Waals surface area contributed by atoms with Crippen LogP contribution in [0.15, 0.2) is 47.4 Å². The van der Waals surface area contributed by atoms with E-state index in [1.807, 2.05) is 48.5 Å². The van der Waals surface area contributed by atoms with Crippen LogP contribution in [0.25, 0.3) is 12.2 Å². The van der Waals surface area contributed by atoms with Crippen LogP contribution in [-0.2, 0) is 0 Å². The average molecular weight is 269 g/mol. The quantitative estimate of drug-likeness (QED) is 0.859. The fraction of sp³-hybridized carbons (Fsp3) is 0.200. The minimum absolute atomic E-state index is 0.0184. The summed E-state index contributed by atoms with van der Waals surface area (Å²) in [5.74, 6) is 0.737. The number of aromatic nitrogens is 2. The van der Waals surface area contributed by atoms with E-state index >= 15 is 0 Å². The molecule has 0 N–H and O–H groups in total. The summed E-state index contributed by atoms with van der Waals surface area (Å²) in [6.07, 6.45) is 11.6. The van der Waals surface area contributed by atoms with Gasteiger partial charge in [-0.2, -0.15) is 5.10 Å². The van der Waals surface area contributed by atoms with Crippen molar-refractivity contribution in [3.05, 3.63) is 54.4 Å². The summed E-state index contributed by atoms with van der Waals surface area (Å²) in [4.78, 5) is 14.2. The maximum Gasteiger partial charge on any atom is 0.269 e. The standard InChI is InChI=1S/C15H15N3O2/c1-17-9-2-5-14(17)15(19)18-10-8-12(16-18)6-7-13-4-3-11-20-13/h2-4,6-11,14H,5H2,1H3/b7-6+. The van der Waals surface area contributed by atoms with Crippen LogP contribution >= 0.6 is 0 Å². The third kappa shape index (κ3) is 2.42. The van der Waals surface area contributed by atoms with E-state index < -0.39 is 0 Å². The van der Waals surface area contributed by atoms with Crippen molar-refractivity contribution in [2.24, 2.45) is 0 Å². The molecule has 1 atom stereocenters. The Balaban J connectivity index is 1.72. The van der Waals surface area contributed by atoms with E-state index in [0.29, 0.717) is 0 Å². The Kier molecular flexibility index (Phi) is 3.25. The summed E-state index contributed by atoms with van der Waals surface area (Å²) >= 11 is 0. The Morgan fingerprint density at radius 2 is 2.35 bits per heavy atom. The second-order valence-electron chi connectivity index (χ2n) is 4.67. The van der Waals surface area contributed by atoms with Crippen molar-refractivity contribution in [3.8, 4) is 0 Å². The summed E-state index contributed by atoms with van der Waals surface area (Å²) in [6, 6.07) is 5.33. The summed E-state index contributed by atoms with van der Waals surface area (Å²) < 4.78 is 6.60. The summed E-state index contributed by atoms with van der Waals surface area (Å²) in [7, 11) is 1.90. The molecule has 0 spiro atoms. The molecule has 0 aliphatic carbocycles. The molecule has 0 saturated heterocycles. The molecule has 3 rings (SSSR count). The summed E-state index contributed by atoms with van der Waals surface area (Å²) in [5, 5.41) is 4.27. The van der Waals surface area contributed by atoms with E-state index in [0.717, 1.165) is 17.9 Å². The zero-order chi connectivity index (χ0) is 13.9. The molecule has 2 aromatic heterocycles. The first-order valence-electron chi connectivity index (χ1n) is 6.44. The molecule has 5 nitrogen and oxygen atoms in total. The van der Waals surface area contributed by atoms with Gasteiger partial charge in [0.25, 0.3) is 5.91 Å². The number of hydrogen-bond acceptors (Lipinski definition) is 4. The van der Waals surface area contributed by atoms with Crippen LogP contribution in [0.3, 0.4) is 0 Å². The lowest BCUT2D eigenvalue weighted by molar-refractivity contribution is 0.0799. The lowest BCUT2D eigenvalue weighted by Crippen LogP contribution is -2.35. The van der Waals surface area contributed by atoms with E-state index in [2.05, 4.69) is 5.10 Å². The molecule has 0 fully saturated rings. The Hall–Kier alpha value is -2.56. The van der Waals surface area contributed by atoms with Gasteiger partial charge in [0.05, 0.1) is 12.0 Å². The zero-order valence-corrected chi connectivity index (χ0v) is 11.1. The Morgan fingerprint density at radius 1 is 1.45 bits per heavy atom. The molecule has 0 bridgehead atoms. The van der Waals surface area contributed by atoms with Crippen molar-refractivity contribution in [2.45, 2.75) is 12.5 Å². The van der Waals surface area contributed by atoms with Gasteiger partial charge in [-0.15, -0.1) is 0 Å². The first-order valence-corrected chi connectivity index (χ1v) is 6.44. The molecule has 0 saturated carbocycles. The largest absolute Gasteiger partial charge is 0.465 e. The fourth-order valence-corrected chi connectivity index (χ4v) is 2.16. The van der Waals surface area contributed by atoms with E-state index in [9.17, 15) is 4.79 Å². The van der Waals surface area contributed by atoms with Crippen LogP contribution in [0.4, 0.5) is 0 Å². The van der Waals surface area contributed by atoms with Crippen LogP contribution in [0, 0.1) is 0 Å². The molecular weight excluding hydrogens is 254 g/mol. The molecule has 2 aromatic rings. The molecule has 1 aliphatic heterocycles. The monoisotopic (exact) mass is 269 g/mol. The minimum Gasteiger partial charge on any atom is -0.465 e. The molecule has 1 aliphatic rings. The highest BCUT2D eigenvalue weighted by atomic mass is 16.3. The van der Waals surface area contributed by atoms with Gasteiger partial charge in [0.1, 0.15) is 11.8 Å². The van der Waals surface area contributed by atoms with Crippen molar-refractivity contribution >= 4 is 18.1 Å². The van der Waals surface area contributed by atoms with Gasteiger partial charge in [-0.05, 0) is 43.0 Å². The molecular formula is C15H15N3O2. The molecule has 1 unspecified atom stereocenters. The lowest BCUT2D eigenvalue weighted by atomic mass is 10.2. The first-order chi connectivity index (χ1) is 9.74. The third-order valence-electron chi connectivity index (χ3n) is 3.27. The van der Waals surface area contributed by atoms with Crippen molar-refractivity contribution < 1.29 is 9.21 Å². The molecule has 102 valence electrons. The molecule has 0 aromatic carbocycles. The van der Waals surface area contributed by atoms with Gasteiger partial charge in [-0.25, -0.2) is 4.68 Å². The van der Waals surface area contributed by atoms with Gasteiger partial charge in [-0.3, -0.25) is 4.79 Å². The Labute approximate surface area is 116 Å². The van der Waals surface area contributed by atoms with Gasteiger partial charge < -0.3 is 9.32 Å². The normalized spacial score (nSPS) is 18.2. The number of likely N-dealkylation sites (N-methyl/N-ethyl adjacent to an activating group) is 1. The minimum atomic E-state index is -0.156. The van der Waals surface area contributed by atoms with Crippen LogP contribution in [0.1, 0.15) is 22.7 Å². The second kappa shape index (κ2) is 5.21. The molecule has 0 amide bonds. The Morgan fingerprint density at radius 3 is 3.05 bits per heavy atom. The van der Waals surface area contributed by atoms with Gasteiger partial charge >= 0.3 is 0 Å². The van der Waals surface area contributed by atoms with Crippen LogP contribution in [-0.4, -0.2) is 33.7 Å². The van der Waals surface area contributed by atoms with E-state index in [1.165, 1.54) is 4.68 Å². The zero-order valence-electron chi connectivity index (χ0n) is 11.1. The lowest BCUT2D eigenvalue weighted by Gasteiger charge is -2.18. The maximum absolute atomic E-state index is 12.3. The fourth-order valence-electron chi connectivity index (χ4n) is 2.16. The van der Waals surface area contributed by atoms with Crippen LogP contribution in [0.2, 0.25) is 0 Å². The van der Waals surface area contributed by atoms with Gasteiger partial charge in [-0.1, -0.05) is 6.08 Å². The predicted octanol–water partition coefficient (Wildman–Crippen LogP) is 2.50. The van der Waals surface area contributed by atoms with Crippen molar-refractivity contribution in [3.63, 3.8) is 0 Å². The van der Waals surface area contributed by atoms with Gasteiger partial charge in [0, 0.05) is 13.2 Å². The van der Waals surface area contributed by atoms with Crippen molar-refractivity contribution in [1.29, 1.82) is 0 Å². The smallest absolute Gasteiger partial charge is 0.269 e. The van der Waals surface area contributed by atoms with E-state index in [1.54, 1.807) is 18.5 Å². The average Bonchev–Trinajstić information content (AvgIpc) is 3.17. The van der Waals surface area contributed by atoms with Crippen molar-refractivity contribution in [2.75, 3.05) is 7.05 Å². The molecule has 3 heterocycles. The van der Waals surface area contributed by atoms with E-state index in [4.69, 9.17) is 4.42 Å². The number of carbonyl (C=O) groups excluding carboxylic acids is 1. The number of rotatable bonds is 3. The Bertz CT molecular complexity index is 652. The summed E-state index contributed by atoms with van der Waals surface area (Å²) in [6.45, 7) is 0. The maximum atomic E-state index is 12.3. The second-order valence-corrected chi connectivity index (χ2v) is 4.67. The topological polar surface area (TPSA) is 51.3 Å². The number of nitrogens with zero attached hydrogens (tertiary/aromatic N) is 3. The van der Waals surface area contributed by atoms with Gasteiger partial charge in [0.15, 0.2) is 0 Å². The highest BCUT2D eigenvalue weighted by Gasteiger charge is 2.25.